The fourth-order valence-corrected chi connectivity index (χ4v) is 6.46. The standard InChI is InChI=1S/C33H34ClFN2O4/c1-36(2)26-10-7-22(8-11-26)23-9-12-28(30(34)18-23)32(39)37(33(40)29-17-20-4-6-24(29)14-20)27-16-21(15-25(35)19-27)5-13-31(38)41-3/h5,7-13,15-16,18-20,24,29,32,39H,4,6,14,17H2,1-3H3/b13-5+/t20-,24+,29-,32?/m1/s1. The summed E-state index contributed by atoms with van der Waals surface area (Å²) in [7, 11) is 5.20. The van der Waals surface area contributed by atoms with Crippen LogP contribution in [0.3, 0.4) is 0 Å². The number of carbonyl (C=O) groups is 2. The zero-order valence-electron chi connectivity index (χ0n) is 23.4. The lowest BCUT2D eigenvalue weighted by Gasteiger charge is -2.34. The maximum atomic E-state index is 14.9. The van der Waals surface area contributed by atoms with Crippen molar-refractivity contribution >= 4 is 40.9 Å². The average molecular weight is 577 g/mol. The van der Waals surface area contributed by atoms with E-state index in [4.69, 9.17) is 11.6 Å². The van der Waals surface area contributed by atoms with Crippen molar-refractivity contribution in [3.63, 3.8) is 0 Å². The monoisotopic (exact) mass is 576 g/mol. The quantitative estimate of drug-likeness (QED) is 0.180. The third kappa shape index (κ3) is 6.16. The molecular weight excluding hydrogens is 543 g/mol. The molecule has 6 nitrogen and oxygen atoms in total. The Balaban J connectivity index is 1.51. The van der Waals surface area contributed by atoms with Gasteiger partial charge < -0.3 is 14.7 Å². The third-order valence-corrected chi connectivity index (χ3v) is 8.66. The van der Waals surface area contributed by atoms with Crippen LogP contribution in [0.4, 0.5) is 15.8 Å². The van der Waals surface area contributed by atoms with E-state index in [2.05, 4.69) is 4.74 Å². The van der Waals surface area contributed by atoms with Gasteiger partial charge in [-0.05, 0) is 90.3 Å². The predicted molar refractivity (Wildman–Crippen MR) is 160 cm³/mol. The highest BCUT2D eigenvalue weighted by Gasteiger charge is 2.46. The molecule has 2 aliphatic rings. The minimum atomic E-state index is -1.45. The van der Waals surface area contributed by atoms with Crippen molar-refractivity contribution in [1.29, 1.82) is 0 Å². The molecule has 1 N–H and O–H groups in total. The third-order valence-electron chi connectivity index (χ3n) is 8.33. The molecule has 0 saturated heterocycles. The summed E-state index contributed by atoms with van der Waals surface area (Å²) in [4.78, 5) is 29.0. The van der Waals surface area contributed by atoms with E-state index in [0.29, 0.717) is 22.1 Å². The zero-order valence-corrected chi connectivity index (χ0v) is 24.1. The number of methoxy groups -OCH3 is 1. The Morgan fingerprint density at radius 2 is 1.73 bits per heavy atom. The smallest absolute Gasteiger partial charge is 0.330 e. The van der Waals surface area contributed by atoms with Crippen LogP contribution in [0.1, 0.15) is 43.0 Å². The largest absolute Gasteiger partial charge is 0.466 e. The minimum absolute atomic E-state index is 0.189. The number of ether oxygens (including phenoxy) is 1. The van der Waals surface area contributed by atoms with Crippen molar-refractivity contribution in [3.8, 4) is 11.1 Å². The van der Waals surface area contributed by atoms with Crippen LogP contribution in [0.2, 0.25) is 5.02 Å². The lowest BCUT2D eigenvalue weighted by Crippen LogP contribution is -2.41. The van der Waals surface area contributed by atoms with Crippen LogP contribution in [0, 0.1) is 23.6 Å². The molecule has 2 fully saturated rings. The Morgan fingerprint density at radius 3 is 2.34 bits per heavy atom. The van der Waals surface area contributed by atoms with Gasteiger partial charge in [-0.2, -0.15) is 0 Å². The normalized spacial score (nSPS) is 20.3. The zero-order chi connectivity index (χ0) is 29.3. The van der Waals surface area contributed by atoms with Crippen LogP contribution in [0.15, 0.2) is 66.7 Å². The van der Waals surface area contributed by atoms with Gasteiger partial charge in [-0.1, -0.05) is 42.3 Å². The van der Waals surface area contributed by atoms with Gasteiger partial charge in [0.1, 0.15) is 5.82 Å². The Bertz CT molecular complexity index is 1470. The van der Waals surface area contributed by atoms with Crippen LogP contribution in [0.25, 0.3) is 17.2 Å². The number of hydrogen-bond acceptors (Lipinski definition) is 5. The molecule has 5 rings (SSSR count). The summed E-state index contributed by atoms with van der Waals surface area (Å²) in [5.41, 5.74) is 3.77. The Hall–Kier alpha value is -3.68. The van der Waals surface area contributed by atoms with Crippen molar-refractivity contribution in [2.75, 3.05) is 31.0 Å². The molecule has 0 heterocycles. The summed E-state index contributed by atoms with van der Waals surface area (Å²) in [6, 6.07) is 17.4. The maximum absolute atomic E-state index is 14.9. The first-order valence-corrected chi connectivity index (χ1v) is 14.2. The fraction of sp³-hybridized carbons (Fsp3) is 0.333. The number of benzene rings is 3. The van der Waals surface area contributed by atoms with Crippen molar-refractivity contribution in [1.82, 2.24) is 0 Å². The van der Waals surface area contributed by atoms with Crippen LogP contribution in [0.5, 0.6) is 0 Å². The number of amides is 1. The molecule has 0 aliphatic heterocycles. The highest BCUT2D eigenvalue weighted by molar-refractivity contribution is 6.31. The topological polar surface area (TPSA) is 70.1 Å². The van der Waals surface area contributed by atoms with E-state index in [0.717, 1.165) is 42.5 Å². The number of carbonyl (C=O) groups excluding carboxylic acids is 2. The van der Waals surface area contributed by atoms with Crippen LogP contribution < -0.4 is 9.80 Å². The van der Waals surface area contributed by atoms with Gasteiger partial charge in [0.05, 0.1) is 12.8 Å². The van der Waals surface area contributed by atoms with Crippen molar-refractivity contribution < 1.29 is 23.8 Å². The molecule has 8 heteroatoms. The molecular formula is C33H34ClFN2O4. The van der Waals surface area contributed by atoms with Crippen LogP contribution in [-0.2, 0) is 14.3 Å². The van der Waals surface area contributed by atoms with E-state index < -0.39 is 18.0 Å². The van der Waals surface area contributed by atoms with E-state index in [1.165, 1.54) is 36.3 Å². The molecule has 3 aromatic rings. The number of nitrogens with zero attached hydrogens (tertiary/aromatic N) is 2. The van der Waals surface area contributed by atoms with Gasteiger partial charge in [0, 0.05) is 42.4 Å². The SMILES string of the molecule is COC(=O)/C=C/c1cc(F)cc(N(C(=O)[C@@H]2C[C@@H]3CC[C@H]2C3)C(O)c2ccc(-c3ccc(N(C)C)cc3)cc2Cl)c1. The van der Waals surface area contributed by atoms with Crippen LogP contribution >= 0.6 is 11.6 Å². The lowest BCUT2D eigenvalue weighted by atomic mass is 9.87. The first-order chi connectivity index (χ1) is 19.6. The summed E-state index contributed by atoms with van der Waals surface area (Å²) >= 11 is 6.74. The molecule has 0 spiro atoms. The van der Waals surface area contributed by atoms with Gasteiger partial charge in [-0.15, -0.1) is 0 Å². The second kappa shape index (κ2) is 12.0. The van der Waals surface area contributed by atoms with E-state index >= 15 is 0 Å². The molecule has 1 unspecified atom stereocenters. The van der Waals surface area contributed by atoms with Crippen molar-refractivity contribution in [3.05, 3.63) is 88.7 Å². The van der Waals surface area contributed by atoms with Crippen LogP contribution in [-0.4, -0.2) is 38.2 Å². The predicted octanol–water partition coefficient (Wildman–Crippen LogP) is 6.86. The number of aliphatic hydroxyl groups is 1. The van der Waals surface area contributed by atoms with Crippen molar-refractivity contribution in [2.24, 2.45) is 17.8 Å². The van der Waals surface area contributed by atoms with Gasteiger partial charge in [0.15, 0.2) is 6.23 Å². The molecule has 0 aromatic heterocycles. The summed E-state index contributed by atoms with van der Waals surface area (Å²) in [6.45, 7) is 0. The number of anilines is 2. The second-order valence-electron chi connectivity index (χ2n) is 11.1. The number of fused-ring (bicyclic) bond motifs is 2. The number of esters is 1. The van der Waals surface area contributed by atoms with Gasteiger partial charge >= 0.3 is 5.97 Å². The molecule has 3 aromatic carbocycles. The van der Waals surface area contributed by atoms with E-state index in [1.807, 2.05) is 49.3 Å². The Morgan fingerprint density at radius 1 is 1.00 bits per heavy atom. The van der Waals surface area contributed by atoms with Gasteiger partial charge in [-0.25, -0.2) is 9.18 Å². The molecule has 0 radical (unpaired) electrons. The maximum Gasteiger partial charge on any atom is 0.330 e. The summed E-state index contributed by atoms with van der Waals surface area (Å²) in [6.07, 6.45) is 4.99. The van der Waals surface area contributed by atoms with Gasteiger partial charge in [0.2, 0.25) is 5.91 Å². The Kier molecular flexibility index (Phi) is 8.47. The molecule has 214 valence electrons. The van der Waals surface area contributed by atoms with E-state index in [-0.39, 0.29) is 23.4 Å². The summed E-state index contributed by atoms with van der Waals surface area (Å²) in [5.74, 6) is -0.952. The highest BCUT2D eigenvalue weighted by Crippen LogP contribution is 2.50. The first-order valence-electron chi connectivity index (χ1n) is 13.8. The first kappa shape index (κ1) is 28.8. The summed E-state index contributed by atoms with van der Waals surface area (Å²) in [5, 5.41) is 12.0. The Labute approximate surface area is 245 Å². The number of rotatable bonds is 8. The molecule has 1 amide bonds. The number of aliphatic hydroxyl groups excluding tert-OH is 1. The molecule has 2 aliphatic carbocycles. The molecule has 4 atom stereocenters. The average Bonchev–Trinajstić information content (AvgIpc) is 3.60. The van der Waals surface area contributed by atoms with Gasteiger partial charge in [-0.3, -0.25) is 9.69 Å². The molecule has 41 heavy (non-hydrogen) atoms. The lowest BCUT2D eigenvalue weighted by molar-refractivity contribution is -0.134. The molecule has 2 bridgehead atoms. The van der Waals surface area contributed by atoms with Gasteiger partial charge in [0.25, 0.3) is 0 Å². The minimum Gasteiger partial charge on any atom is -0.466 e. The molecule has 2 saturated carbocycles. The van der Waals surface area contributed by atoms with Crippen molar-refractivity contribution in [2.45, 2.75) is 31.9 Å². The van der Waals surface area contributed by atoms with E-state index in [1.54, 1.807) is 18.2 Å². The summed E-state index contributed by atoms with van der Waals surface area (Å²) < 4.78 is 19.5. The highest BCUT2D eigenvalue weighted by atomic mass is 35.5. The number of halogens is 2. The second-order valence-corrected chi connectivity index (χ2v) is 11.5. The fourth-order valence-electron chi connectivity index (χ4n) is 6.19. The van der Waals surface area contributed by atoms with E-state index in [9.17, 15) is 19.1 Å². The number of hydrogen-bond donors (Lipinski definition) is 1.